The highest BCUT2D eigenvalue weighted by Gasteiger charge is 2.26. The molecule has 3 heterocycles. The van der Waals surface area contributed by atoms with Crippen LogP contribution in [0.4, 0.5) is 5.82 Å². The van der Waals surface area contributed by atoms with E-state index < -0.39 is 0 Å². The Kier molecular flexibility index (Phi) is 5.87. The fourth-order valence-electron chi connectivity index (χ4n) is 3.29. The van der Waals surface area contributed by atoms with Crippen LogP contribution in [-0.4, -0.2) is 27.7 Å². The molecule has 1 atom stereocenters. The summed E-state index contributed by atoms with van der Waals surface area (Å²) in [5.74, 6) is 1.40. The molecule has 0 unspecified atom stereocenters. The summed E-state index contributed by atoms with van der Waals surface area (Å²) in [6.07, 6.45) is 1.94. The number of ether oxygens (including phenoxy) is 1. The van der Waals surface area contributed by atoms with Gasteiger partial charge in [-0.3, -0.25) is 0 Å². The van der Waals surface area contributed by atoms with Crippen LogP contribution < -0.4 is 11.5 Å². The van der Waals surface area contributed by atoms with Crippen LogP contribution in [0.1, 0.15) is 24.7 Å². The first-order chi connectivity index (χ1) is 10.8. The first-order valence-corrected chi connectivity index (χ1v) is 7.62. The number of pyridine rings is 1. The standard InChI is InChI=1S/C16H19N5O.2ClH/c17-7-3-4-10-8-22-9-13-20-14-15(21(10)13)11-5-1-2-6-12(11)19-16(14)18;;/h1-2,5-6,10H,3-4,7-9,17H2,(H2,18,19);2*1H/t10-;;/m0../s1. The monoisotopic (exact) mass is 369 g/mol. The van der Waals surface area contributed by atoms with Crippen LogP contribution in [-0.2, 0) is 11.3 Å². The summed E-state index contributed by atoms with van der Waals surface area (Å²) in [4.78, 5) is 9.16. The predicted octanol–water partition coefficient (Wildman–Crippen LogP) is 2.82. The van der Waals surface area contributed by atoms with Gasteiger partial charge in [0.2, 0.25) is 0 Å². The Balaban J connectivity index is 0.00000104. The van der Waals surface area contributed by atoms with Gasteiger partial charge in [0.25, 0.3) is 0 Å². The van der Waals surface area contributed by atoms with Crippen molar-refractivity contribution in [2.75, 3.05) is 18.9 Å². The lowest BCUT2D eigenvalue weighted by molar-refractivity contribution is 0.0535. The van der Waals surface area contributed by atoms with Crippen molar-refractivity contribution in [2.24, 2.45) is 5.73 Å². The number of fused-ring (bicyclic) bond motifs is 5. The average molecular weight is 370 g/mol. The van der Waals surface area contributed by atoms with Crippen LogP contribution in [0.5, 0.6) is 0 Å². The van der Waals surface area contributed by atoms with Gasteiger partial charge in [0, 0.05) is 5.39 Å². The van der Waals surface area contributed by atoms with Crippen LogP contribution >= 0.6 is 24.8 Å². The highest BCUT2D eigenvalue weighted by atomic mass is 35.5. The van der Waals surface area contributed by atoms with Crippen molar-refractivity contribution >= 4 is 52.6 Å². The summed E-state index contributed by atoms with van der Waals surface area (Å²) in [7, 11) is 0. The lowest BCUT2D eigenvalue weighted by Gasteiger charge is -2.26. The minimum atomic E-state index is 0. The lowest BCUT2D eigenvalue weighted by atomic mass is 10.1. The van der Waals surface area contributed by atoms with E-state index in [2.05, 4.69) is 20.6 Å². The number of imidazole rings is 1. The molecule has 24 heavy (non-hydrogen) atoms. The summed E-state index contributed by atoms with van der Waals surface area (Å²) in [5, 5.41) is 1.09. The Morgan fingerprint density at radius 1 is 1.21 bits per heavy atom. The Hall–Kier alpha value is -1.60. The summed E-state index contributed by atoms with van der Waals surface area (Å²) in [5.41, 5.74) is 14.6. The normalized spacial score (nSPS) is 16.5. The zero-order valence-electron chi connectivity index (χ0n) is 13.1. The molecule has 0 spiro atoms. The van der Waals surface area contributed by atoms with Gasteiger partial charge in [-0.2, -0.15) is 0 Å². The molecule has 0 fully saturated rings. The first kappa shape index (κ1) is 18.7. The van der Waals surface area contributed by atoms with E-state index in [9.17, 15) is 0 Å². The number of rotatable bonds is 3. The smallest absolute Gasteiger partial charge is 0.152 e. The maximum atomic E-state index is 6.13. The number of hydrogen-bond donors (Lipinski definition) is 2. The number of nitrogens with zero attached hydrogens (tertiary/aromatic N) is 3. The third-order valence-corrected chi connectivity index (χ3v) is 4.27. The number of benzene rings is 1. The number of nitrogen functional groups attached to an aromatic ring is 1. The van der Waals surface area contributed by atoms with Crippen LogP contribution in [0.15, 0.2) is 24.3 Å². The van der Waals surface area contributed by atoms with Crippen molar-refractivity contribution in [1.82, 2.24) is 14.5 Å². The zero-order valence-corrected chi connectivity index (χ0v) is 14.8. The number of halogens is 2. The van der Waals surface area contributed by atoms with E-state index in [-0.39, 0.29) is 30.9 Å². The van der Waals surface area contributed by atoms with E-state index in [4.69, 9.17) is 16.2 Å². The molecule has 4 N–H and O–H groups in total. The summed E-state index contributed by atoms with van der Waals surface area (Å²) in [6, 6.07) is 8.31. The summed E-state index contributed by atoms with van der Waals surface area (Å²) in [6.45, 7) is 1.89. The average Bonchev–Trinajstić information content (AvgIpc) is 2.94. The predicted molar refractivity (Wildman–Crippen MR) is 101 cm³/mol. The maximum absolute atomic E-state index is 6.13. The molecular weight excluding hydrogens is 349 g/mol. The van der Waals surface area contributed by atoms with Gasteiger partial charge in [-0.15, -0.1) is 24.8 Å². The van der Waals surface area contributed by atoms with Gasteiger partial charge in [0.15, 0.2) is 5.82 Å². The second-order valence-electron chi connectivity index (χ2n) is 5.71. The fraction of sp³-hybridized carbons (Fsp3) is 0.375. The number of anilines is 1. The topological polar surface area (TPSA) is 92.0 Å². The van der Waals surface area contributed by atoms with E-state index in [1.165, 1.54) is 0 Å². The van der Waals surface area contributed by atoms with Crippen molar-refractivity contribution in [2.45, 2.75) is 25.5 Å². The lowest BCUT2D eigenvalue weighted by Crippen LogP contribution is -2.24. The number of nitrogens with two attached hydrogens (primary N) is 2. The molecule has 0 amide bonds. The van der Waals surface area contributed by atoms with Gasteiger partial charge in [-0.25, -0.2) is 9.97 Å². The SMILES string of the molecule is Cl.Cl.NCCC[C@H]1COCc2nc3c(N)nc4ccccc4c3n21. The molecule has 1 aromatic carbocycles. The van der Waals surface area contributed by atoms with E-state index in [1.807, 2.05) is 18.2 Å². The van der Waals surface area contributed by atoms with Gasteiger partial charge < -0.3 is 20.8 Å². The molecule has 0 bridgehead atoms. The van der Waals surface area contributed by atoms with Crippen LogP contribution in [0.25, 0.3) is 21.9 Å². The van der Waals surface area contributed by atoms with Crippen LogP contribution in [0, 0.1) is 0 Å². The molecular formula is C16H21Cl2N5O. The Morgan fingerprint density at radius 2 is 2.00 bits per heavy atom. The van der Waals surface area contributed by atoms with Crippen molar-refractivity contribution < 1.29 is 4.74 Å². The van der Waals surface area contributed by atoms with E-state index in [1.54, 1.807) is 0 Å². The van der Waals surface area contributed by atoms with E-state index in [0.717, 1.165) is 40.6 Å². The van der Waals surface area contributed by atoms with E-state index >= 15 is 0 Å². The van der Waals surface area contributed by atoms with Crippen molar-refractivity contribution in [1.29, 1.82) is 0 Å². The molecule has 3 aromatic rings. The third kappa shape index (κ3) is 2.91. The molecule has 0 saturated heterocycles. The molecule has 8 heteroatoms. The van der Waals surface area contributed by atoms with Gasteiger partial charge in [-0.05, 0) is 25.5 Å². The molecule has 0 aliphatic carbocycles. The van der Waals surface area contributed by atoms with Crippen LogP contribution in [0.2, 0.25) is 0 Å². The first-order valence-electron chi connectivity index (χ1n) is 7.62. The van der Waals surface area contributed by atoms with Crippen molar-refractivity contribution in [3.63, 3.8) is 0 Å². The molecule has 1 aliphatic heterocycles. The Labute approximate surface area is 152 Å². The molecule has 130 valence electrons. The molecule has 0 radical (unpaired) electrons. The summed E-state index contributed by atoms with van der Waals surface area (Å²) < 4.78 is 7.99. The molecule has 6 nitrogen and oxygen atoms in total. The number of para-hydroxylation sites is 1. The highest BCUT2D eigenvalue weighted by Crippen LogP contribution is 2.34. The second-order valence-corrected chi connectivity index (χ2v) is 5.71. The number of hydrogen-bond acceptors (Lipinski definition) is 5. The maximum Gasteiger partial charge on any atom is 0.152 e. The minimum Gasteiger partial charge on any atom is -0.382 e. The zero-order chi connectivity index (χ0) is 15.1. The Bertz CT molecular complexity index is 851. The van der Waals surface area contributed by atoms with Gasteiger partial charge in [-0.1, -0.05) is 18.2 Å². The number of aromatic nitrogens is 3. The quantitative estimate of drug-likeness (QED) is 0.740. The van der Waals surface area contributed by atoms with Gasteiger partial charge >= 0.3 is 0 Å². The molecule has 0 saturated carbocycles. The minimum absolute atomic E-state index is 0. The Morgan fingerprint density at radius 3 is 2.79 bits per heavy atom. The second kappa shape index (κ2) is 7.53. The molecule has 4 rings (SSSR count). The summed E-state index contributed by atoms with van der Waals surface area (Å²) >= 11 is 0. The van der Waals surface area contributed by atoms with Crippen molar-refractivity contribution in [3.8, 4) is 0 Å². The fourth-order valence-corrected chi connectivity index (χ4v) is 3.29. The third-order valence-electron chi connectivity index (χ3n) is 4.27. The van der Waals surface area contributed by atoms with E-state index in [0.29, 0.717) is 25.6 Å². The molecule has 1 aliphatic rings. The highest BCUT2D eigenvalue weighted by molar-refractivity contribution is 6.06. The van der Waals surface area contributed by atoms with Gasteiger partial charge in [0.05, 0.1) is 23.7 Å². The van der Waals surface area contributed by atoms with Gasteiger partial charge in [0.1, 0.15) is 17.9 Å². The van der Waals surface area contributed by atoms with Crippen molar-refractivity contribution in [3.05, 3.63) is 30.1 Å². The molecule has 2 aromatic heterocycles. The van der Waals surface area contributed by atoms with Crippen LogP contribution in [0.3, 0.4) is 0 Å². The largest absolute Gasteiger partial charge is 0.382 e.